The fraction of sp³-hybridized carbons (Fsp3) is 0.500. The van der Waals surface area contributed by atoms with E-state index in [0.717, 1.165) is 17.9 Å². The van der Waals surface area contributed by atoms with Gasteiger partial charge < -0.3 is 24.3 Å². The molecule has 0 radical (unpaired) electrons. The molecule has 2 aromatic carbocycles. The molecule has 206 valence electrons. The molecule has 1 amide bonds. The minimum absolute atomic E-state index is 0.0927. The first kappa shape index (κ1) is 31.7. The summed E-state index contributed by atoms with van der Waals surface area (Å²) >= 11 is 0. The third-order valence-electron chi connectivity index (χ3n) is 4.72. The molecular formula is C28H39F2NO6. The van der Waals surface area contributed by atoms with Gasteiger partial charge in [-0.2, -0.15) is 0 Å². The number of benzene rings is 2. The van der Waals surface area contributed by atoms with E-state index in [1.54, 1.807) is 48.7 Å². The fourth-order valence-corrected chi connectivity index (χ4v) is 3.15. The number of methoxy groups -OCH3 is 1. The maximum Gasteiger partial charge on any atom is 0.408 e. The number of hydrogen-bond donors (Lipinski definition) is 1. The number of ether oxygens (including phenoxy) is 4. The summed E-state index contributed by atoms with van der Waals surface area (Å²) in [6.07, 6.45) is -1.05. The van der Waals surface area contributed by atoms with E-state index in [4.69, 9.17) is 18.9 Å². The molecule has 1 N–H and O–H groups in total. The lowest BCUT2D eigenvalue weighted by Crippen LogP contribution is -2.44. The Bertz CT molecular complexity index is 1020. The smallest absolute Gasteiger partial charge is 0.408 e. The van der Waals surface area contributed by atoms with E-state index < -0.39 is 47.0 Å². The molecule has 0 aliphatic rings. The third kappa shape index (κ3) is 13.0. The number of rotatable bonds is 8. The van der Waals surface area contributed by atoms with Crippen molar-refractivity contribution in [3.8, 4) is 11.5 Å². The summed E-state index contributed by atoms with van der Waals surface area (Å²) in [7, 11) is 1.67. The Balaban J connectivity index is 0.000000635. The lowest BCUT2D eigenvalue weighted by molar-refractivity contribution is -0.152. The first-order valence-electron chi connectivity index (χ1n) is 12.0. The Morgan fingerprint density at radius 1 is 0.973 bits per heavy atom. The maximum atomic E-state index is 13.8. The Hall–Kier alpha value is -3.36. The molecule has 0 fully saturated rings. The second-order valence-electron chi connectivity index (χ2n) is 10.3. The second-order valence-corrected chi connectivity index (χ2v) is 10.3. The highest BCUT2D eigenvalue weighted by molar-refractivity contribution is 5.81. The summed E-state index contributed by atoms with van der Waals surface area (Å²) in [5.41, 5.74) is -0.311. The van der Waals surface area contributed by atoms with Crippen LogP contribution in [0.2, 0.25) is 0 Å². The van der Waals surface area contributed by atoms with Gasteiger partial charge in [-0.05, 0) is 79.7 Å². The summed E-state index contributed by atoms with van der Waals surface area (Å²) < 4.78 is 47.7. The molecule has 0 saturated carbocycles. The maximum absolute atomic E-state index is 13.8. The van der Waals surface area contributed by atoms with Crippen LogP contribution >= 0.6 is 0 Å². The van der Waals surface area contributed by atoms with Crippen molar-refractivity contribution >= 4 is 12.1 Å². The Kier molecular flexibility index (Phi) is 11.8. The standard InChI is InChI=1S/C20H29F2NO5.C8H10O/c1-12(26-17(24)13(2)23-18(25)28-19(3,4)5)11-20(6,7)27-16-9-8-14(21)10-15(16)22;1-7-3-5-8(9-2)6-4-7/h8-10,12-13H,11H2,1-7H3,(H,23,25);3-6H,1-2H3/t12-,13-;/m0./s1. The molecule has 0 spiro atoms. The average molecular weight is 524 g/mol. The minimum Gasteiger partial charge on any atom is -0.497 e. The molecule has 0 aromatic heterocycles. The number of hydrogen-bond acceptors (Lipinski definition) is 6. The zero-order chi connectivity index (χ0) is 28.4. The van der Waals surface area contributed by atoms with Crippen molar-refractivity contribution < 1.29 is 37.3 Å². The molecule has 0 aliphatic carbocycles. The van der Waals surface area contributed by atoms with Crippen LogP contribution in [-0.4, -0.2) is 42.5 Å². The van der Waals surface area contributed by atoms with E-state index in [-0.39, 0.29) is 12.2 Å². The molecule has 0 heterocycles. The van der Waals surface area contributed by atoms with Crippen molar-refractivity contribution in [3.05, 3.63) is 59.7 Å². The van der Waals surface area contributed by atoms with E-state index in [1.807, 2.05) is 24.3 Å². The van der Waals surface area contributed by atoms with Crippen LogP contribution in [0.4, 0.5) is 13.6 Å². The first-order valence-corrected chi connectivity index (χ1v) is 12.0. The van der Waals surface area contributed by atoms with Crippen LogP contribution in [0, 0.1) is 18.6 Å². The SMILES string of the molecule is COc1ccc(C)cc1.C[C@H](NC(=O)OC(C)(C)C)C(=O)O[C@@H](C)CC(C)(C)Oc1ccc(F)cc1F. The fourth-order valence-electron chi connectivity index (χ4n) is 3.15. The van der Waals surface area contributed by atoms with Crippen LogP contribution < -0.4 is 14.8 Å². The largest absolute Gasteiger partial charge is 0.497 e. The number of carbonyl (C=O) groups is 2. The van der Waals surface area contributed by atoms with Crippen LogP contribution in [0.5, 0.6) is 11.5 Å². The molecule has 9 heteroatoms. The van der Waals surface area contributed by atoms with Gasteiger partial charge >= 0.3 is 12.1 Å². The predicted molar refractivity (Wildman–Crippen MR) is 138 cm³/mol. The zero-order valence-electron chi connectivity index (χ0n) is 23.1. The normalized spacial score (nSPS) is 12.8. The van der Waals surface area contributed by atoms with E-state index >= 15 is 0 Å². The molecule has 0 saturated heterocycles. The third-order valence-corrected chi connectivity index (χ3v) is 4.72. The van der Waals surface area contributed by atoms with E-state index in [0.29, 0.717) is 0 Å². The van der Waals surface area contributed by atoms with Crippen LogP contribution in [0.1, 0.15) is 60.5 Å². The average Bonchev–Trinajstić information content (AvgIpc) is 2.74. The van der Waals surface area contributed by atoms with Gasteiger partial charge in [-0.3, -0.25) is 0 Å². The van der Waals surface area contributed by atoms with Gasteiger partial charge in [-0.1, -0.05) is 17.7 Å². The number of alkyl carbamates (subject to hydrolysis) is 1. The molecule has 7 nitrogen and oxygen atoms in total. The molecule has 37 heavy (non-hydrogen) atoms. The van der Waals surface area contributed by atoms with Crippen molar-refractivity contribution in [2.24, 2.45) is 0 Å². The van der Waals surface area contributed by atoms with Gasteiger partial charge in [0.15, 0.2) is 11.6 Å². The van der Waals surface area contributed by atoms with E-state index in [2.05, 4.69) is 12.2 Å². The molecule has 0 unspecified atom stereocenters. The number of aryl methyl sites for hydroxylation is 1. The van der Waals surface area contributed by atoms with Crippen molar-refractivity contribution in [2.75, 3.05) is 7.11 Å². The van der Waals surface area contributed by atoms with Gasteiger partial charge in [-0.25, -0.2) is 18.4 Å². The number of nitrogens with one attached hydrogen (secondary N) is 1. The summed E-state index contributed by atoms with van der Waals surface area (Å²) in [5.74, 6) is -1.32. The van der Waals surface area contributed by atoms with Crippen LogP contribution in [0.25, 0.3) is 0 Å². The molecular weight excluding hydrogens is 484 g/mol. The second kappa shape index (κ2) is 13.8. The number of amides is 1. The first-order chi connectivity index (χ1) is 17.0. The van der Waals surface area contributed by atoms with Crippen LogP contribution in [0.3, 0.4) is 0 Å². The van der Waals surface area contributed by atoms with E-state index in [9.17, 15) is 18.4 Å². The Morgan fingerprint density at radius 2 is 1.57 bits per heavy atom. The highest BCUT2D eigenvalue weighted by Gasteiger charge is 2.28. The zero-order valence-corrected chi connectivity index (χ0v) is 23.1. The summed E-state index contributed by atoms with van der Waals surface area (Å²) in [6.45, 7) is 13.7. The Labute approximate surface area is 218 Å². The number of halogens is 2. The number of carbonyl (C=O) groups excluding carboxylic acids is 2. The summed E-state index contributed by atoms with van der Waals surface area (Å²) in [5, 5.41) is 2.40. The lowest BCUT2D eigenvalue weighted by atomic mass is 10.0. The minimum atomic E-state index is -0.907. The molecule has 2 atom stereocenters. The topological polar surface area (TPSA) is 83.1 Å². The van der Waals surface area contributed by atoms with Gasteiger partial charge in [0.1, 0.15) is 34.9 Å². The van der Waals surface area contributed by atoms with Gasteiger partial charge in [0, 0.05) is 12.5 Å². The monoisotopic (exact) mass is 523 g/mol. The quantitative estimate of drug-likeness (QED) is 0.406. The van der Waals surface area contributed by atoms with Crippen molar-refractivity contribution in [1.29, 1.82) is 0 Å². The molecule has 2 aromatic rings. The van der Waals surface area contributed by atoms with Gasteiger partial charge in [0.25, 0.3) is 0 Å². The summed E-state index contributed by atoms with van der Waals surface area (Å²) in [4.78, 5) is 23.9. The highest BCUT2D eigenvalue weighted by atomic mass is 19.1. The van der Waals surface area contributed by atoms with Gasteiger partial charge in [0.05, 0.1) is 7.11 Å². The van der Waals surface area contributed by atoms with Crippen molar-refractivity contribution in [1.82, 2.24) is 5.32 Å². The van der Waals surface area contributed by atoms with Crippen molar-refractivity contribution in [3.63, 3.8) is 0 Å². The van der Waals surface area contributed by atoms with Crippen LogP contribution in [0.15, 0.2) is 42.5 Å². The Morgan fingerprint density at radius 3 is 2.08 bits per heavy atom. The summed E-state index contributed by atoms with van der Waals surface area (Å²) in [6, 6.07) is 10.1. The van der Waals surface area contributed by atoms with Crippen LogP contribution in [-0.2, 0) is 14.3 Å². The predicted octanol–water partition coefficient (Wildman–Crippen LogP) is 6.36. The molecule has 0 aliphatic heterocycles. The number of esters is 1. The van der Waals surface area contributed by atoms with Crippen molar-refractivity contribution in [2.45, 2.75) is 85.2 Å². The molecule has 2 rings (SSSR count). The molecule has 0 bridgehead atoms. The van der Waals surface area contributed by atoms with E-state index in [1.165, 1.54) is 18.6 Å². The van der Waals surface area contributed by atoms with Gasteiger partial charge in [-0.15, -0.1) is 0 Å². The highest BCUT2D eigenvalue weighted by Crippen LogP contribution is 2.26. The lowest BCUT2D eigenvalue weighted by Gasteiger charge is -2.30. The van der Waals surface area contributed by atoms with Gasteiger partial charge in [0.2, 0.25) is 0 Å².